The van der Waals surface area contributed by atoms with Gasteiger partial charge in [-0.05, 0) is 49.9 Å². The Morgan fingerprint density at radius 3 is 2.48 bits per heavy atom. The lowest BCUT2D eigenvalue weighted by Crippen LogP contribution is -2.48. The third-order valence-corrected chi connectivity index (χ3v) is 5.81. The van der Waals surface area contributed by atoms with Crippen LogP contribution in [0.1, 0.15) is 19.8 Å². The van der Waals surface area contributed by atoms with Gasteiger partial charge in [-0.2, -0.15) is 5.10 Å². The Balaban J connectivity index is 1.39. The summed E-state index contributed by atoms with van der Waals surface area (Å²) in [6.45, 7) is 7.99. The average molecular weight is 371 g/mol. The highest BCUT2D eigenvalue weighted by atomic mass is 19.1. The fraction of sp³-hybridized carbons (Fsp3) is 0.550. The van der Waals surface area contributed by atoms with E-state index in [-0.39, 0.29) is 5.82 Å². The Morgan fingerprint density at radius 2 is 1.78 bits per heavy atom. The van der Waals surface area contributed by atoms with E-state index in [2.05, 4.69) is 31.9 Å². The molecule has 27 heavy (non-hydrogen) atoms. The molecule has 2 aliphatic heterocycles. The lowest BCUT2D eigenvalue weighted by Gasteiger charge is -2.40. The van der Waals surface area contributed by atoms with Crippen LogP contribution < -0.4 is 4.90 Å². The van der Waals surface area contributed by atoms with Crippen molar-refractivity contribution >= 4 is 5.95 Å². The number of hydrogen-bond donors (Lipinski definition) is 0. The molecule has 0 unspecified atom stereocenters. The monoisotopic (exact) mass is 371 g/mol. The Labute approximate surface area is 159 Å². The van der Waals surface area contributed by atoms with Gasteiger partial charge < -0.3 is 9.64 Å². The summed E-state index contributed by atoms with van der Waals surface area (Å²) in [5.74, 6) is 1.10. The SMILES string of the molecule is C[C@@H](C1CCN(c2nncc(-c3ccc(F)cc3)n2)CC1)N1CCOCC1. The van der Waals surface area contributed by atoms with E-state index in [1.165, 1.54) is 12.1 Å². The fourth-order valence-corrected chi connectivity index (χ4v) is 4.05. The summed E-state index contributed by atoms with van der Waals surface area (Å²) in [5.41, 5.74) is 1.58. The highest BCUT2D eigenvalue weighted by Crippen LogP contribution is 2.27. The normalized spacial score (nSPS) is 20.6. The van der Waals surface area contributed by atoms with Crippen molar-refractivity contribution in [3.8, 4) is 11.3 Å². The maximum Gasteiger partial charge on any atom is 0.245 e. The highest BCUT2D eigenvalue weighted by molar-refractivity contribution is 5.59. The number of piperidine rings is 1. The summed E-state index contributed by atoms with van der Waals surface area (Å²) < 4.78 is 18.6. The minimum atomic E-state index is -0.252. The van der Waals surface area contributed by atoms with Crippen LogP contribution in [-0.4, -0.2) is 65.5 Å². The molecule has 0 amide bonds. The molecule has 0 bridgehead atoms. The van der Waals surface area contributed by atoms with Crippen molar-refractivity contribution in [2.24, 2.45) is 5.92 Å². The van der Waals surface area contributed by atoms with Crippen LogP contribution in [0.4, 0.5) is 10.3 Å². The number of morpholine rings is 1. The molecule has 144 valence electrons. The van der Waals surface area contributed by atoms with Crippen molar-refractivity contribution in [2.45, 2.75) is 25.8 Å². The third-order valence-electron chi connectivity index (χ3n) is 5.81. The van der Waals surface area contributed by atoms with E-state index < -0.39 is 0 Å². The van der Waals surface area contributed by atoms with Crippen LogP contribution in [0.25, 0.3) is 11.3 Å². The smallest absolute Gasteiger partial charge is 0.245 e. The highest BCUT2D eigenvalue weighted by Gasteiger charge is 2.29. The van der Waals surface area contributed by atoms with E-state index in [0.29, 0.717) is 17.9 Å². The fourth-order valence-electron chi connectivity index (χ4n) is 4.05. The van der Waals surface area contributed by atoms with Crippen LogP contribution >= 0.6 is 0 Å². The van der Waals surface area contributed by atoms with E-state index >= 15 is 0 Å². The molecule has 2 aromatic rings. The van der Waals surface area contributed by atoms with Gasteiger partial charge in [-0.3, -0.25) is 4.90 Å². The number of hydrogen-bond acceptors (Lipinski definition) is 6. The standard InChI is InChI=1S/C20H26FN5O/c1-15(25-10-12-27-13-11-25)16-6-8-26(9-7-16)20-23-19(14-22-24-20)17-2-4-18(21)5-3-17/h2-5,14-16H,6-13H2,1H3/t15-/m0/s1. The van der Waals surface area contributed by atoms with Gasteiger partial charge in [0.2, 0.25) is 5.95 Å². The molecule has 0 radical (unpaired) electrons. The van der Waals surface area contributed by atoms with Crippen LogP contribution in [0.15, 0.2) is 30.5 Å². The molecule has 1 atom stereocenters. The Bertz CT molecular complexity index is 742. The van der Waals surface area contributed by atoms with Crippen LogP contribution in [0.2, 0.25) is 0 Å². The van der Waals surface area contributed by atoms with Crippen molar-refractivity contribution < 1.29 is 9.13 Å². The predicted molar refractivity (Wildman–Crippen MR) is 102 cm³/mol. The molecule has 1 aromatic carbocycles. The second kappa shape index (κ2) is 8.27. The van der Waals surface area contributed by atoms with Crippen molar-refractivity contribution in [1.82, 2.24) is 20.1 Å². The van der Waals surface area contributed by atoms with Crippen molar-refractivity contribution in [3.63, 3.8) is 0 Å². The van der Waals surface area contributed by atoms with Crippen LogP contribution in [0.3, 0.4) is 0 Å². The second-order valence-electron chi connectivity index (χ2n) is 7.36. The van der Waals surface area contributed by atoms with Crippen LogP contribution in [-0.2, 0) is 4.74 Å². The summed E-state index contributed by atoms with van der Waals surface area (Å²) >= 11 is 0. The molecule has 0 aliphatic carbocycles. The maximum absolute atomic E-state index is 13.1. The zero-order valence-electron chi connectivity index (χ0n) is 15.7. The molecular weight excluding hydrogens is 345 g/mol. The first-order valence-corrected chi connectivity index (χ1v) is 9.73. The molecule has 0 saturated carbocycles. The molecule has 2 fully saturated rings. The molecule has 6 nitrogen and oxygen atoms in total. The van der Waals surface area contributed by atoms with Gasteiger partial charge in [0.05, 0.1) is 25.1 Å². The molecule has 2 saturated heterocycles. The number of nitrogens with zero attached hydrogens (tertiary/aromatic N) is 5. The van der Waals surface area contributed by atoms with E-state index in [1.807, 2.05) is 0 Å². The number of rotatable bonds is 4. The Morgan fingerprint density at radius 1 is 1.07 bits per heavy atom. The topological polar surface area (TPSA) is 54.4 Å². The molecule has 0 N–H and O–H groups in total. The quantitative estimate of drug-likeness (QED) is 0.824. The van der Waals surface area contributed by atoms with Crippen LogP contribution in [0, 0.1) is 11.7 Å². The first kappa shape index (κ1) is 18.3. The van der Waals surface area contributed by atoms with E-state index in [9.17, 15) is 4.39 Å². The van der Waals surface area contributed by atoms with E-state index in [1.54, 1.807) is 18.3 Å². The molecule has 7 heteroatoms. The lowest BCUT2D eigenvalue weighted by atomic mass is 9.89. The number of halogens is 1. The summed E-state index contributed by atoms with van der Waals surface area (Å²) in [6.07, 6.45) is 3.88. The summed E-state index contributed by atoms with van der Waals surface area (Å²) in [7, 11) is 0. The van der Waals surface area contributed by atoms with E-state index in [4.69, 9.17) is 4.74 Å². The molecule has 1 aromatic heterocycles. The maximum atomic E-state index is 13.1. The second-order valence-corrected chi connectivity index (χ2v) is 7.36. The Kier molecular flexibility index (Phi) is 5.59. The molecule has 3 heterocycles. The number of benzene rings is 1. The molecule has 2 aliphatic rings. The molecular formula is C20H26FN5O. The zero-order chi connectivity index (χ0) is 18.6. The zero-order valence-corrected chi connectivity index (χ0v) is 15.7. The minimum absolute atomic E-state index is 0.252. The summed E-state index contributed by atoms with van der Waals surface area (Å²) in [6, 6.07) is 6.91. The van der Waals surface area contributed by atoms with Gasteiger partial charge >= 0.3 is 0 Å². The van der Waals surface area contributed by atoms with E-state index in [0.717, 1.165) is 63.5 Å². The third kappa shape index (κ3) is 4.25. The number of aromatic nitrogens is 3. The number of anilines is 1. The first-order valence-electron chi connectivity index (χ1n) is 9.73. The first-order chi connectivity index (χ1) is 13.2. The van der Waals surface area contributed by atoms with Gasteiger partial charge in [0, 0.05) is 37.8 Å². The van der Waals surface area contributed by atoms with Gasteiger partial charge in [-0.15, -0.1) is 5.10 Å². The summed E-state index contributed by atoms with van der Waals surface area (Å²) in [4.78, 5) is 9.42. The minimum Gasteiger partial charge on any atom is -0.379 e. The summed E-state index contributed by atoms with van der Waals surface area (Å²) in [5, 5.41) is 8.35. The van der Waals surface area contributed by atoms with Crippen molar-refractivity contribution in [3.05, 3.63) is 36.3 Å². The lowest BCUT2D eigenvalue weighted by molar-refractivity contribution is 0.00446. The average Bonchev–Trinajstić information content (AvgIpc) is 2.75. The molecule has 4 rings (SSSR count). The van der Waals surface area contributed by atoms with Gasteiger partial charge in [0.25, 0.3) is 0 Å². The van der Waals surface area contributed by atoms with Crippen molar-refractivity contribution in [2.75, 3.05) is 44.3 Å². The van der Waals surface area contributed by atoms with Gasteiger partial charge in [-0.1, -0.05) is 0 Å². The van der Waals surface area contributed by atoms with Crippen LogP contribution in [0.5, 0.6) is 0 Å². The Hall–Kier alpha value is -2.12. The van der Waals surface area contributed by atoms with Gasteiger partial charge in [0.1, 0.15) is 5.82 Å². The molecule has 0 spiro atoms. The number of ether oxygens (including phenoxy) is 1. The van der Waals surface area contributed by atoms with Gasteiger partial charge in [-0.25, -0.2) is 9.37 Å². The largest absolute Gasteiger partial charge is 0.379 e. The van der Waals surface area contributed by atoms with Crippen molar-refractivity contribution in [1.29, 1.82) is 0 Å². The van der Waals surface area contributed by atoms with Gasteiger partial charge in [0.15, 0.2) is 0 Å². The predicted octanol–water partition coefficient (Wildman–Crippen LogP) is 2.61.